The van der Waals surface area contributed by atoms with Crippen molar-refractivity contribution in [2.45, 2.75) is 11.3 Å². The number of nitrogens with two attached hydrogens (primary N) is 1. The third-order valence-electron chi connectivity index (χ3n) is 1.71. The topological polar surface area (TPSA) is 72.2 Å². The van der Waals surface area contributed by atoms with Crippen LogP contribution in [0.4, 0.5) is 18.9 Å². The van der Waals surface area contributed by atoms with Crippen LogP contribution in [0, 0.1) is 5.82 Å². The molecule has 0 aromatic heterocycles. The molecule has 1 rings (SSSR count). The first-order valence-corrected chi connectivity index (χ1v) is 5.64. The molecule has 0 heterocycles. The fourth-order valence-electron chi connectivity index (χ4n) is 0.931. The van der Waals surface area contributed by atoms with Crippen molar-refractivity contribution in [2.75, 3.05) is 12.3 Å². The Morgan fingerprint density at radius 2 is 2.00 bits per heavy atom. The molecule has 0 aliphatic rings. The fourth-order valence-corrected chi connectivity index (χ4v) is 1.95. The van der Waals surface area contributed by atoms with Gasteiger partial charge in [-0.05, 0) is 18.2 Å². The summed E-state index contributed by atoms with van der Waals surface area (Å²) < 4.78 is 60.9. The zero-order chi connectivity index (χ0) is 12.3. The van der Waals surface area contributed by atoms with Gasteiger partial charge in [0.15, 0.2) is 0 Å². The van der Waals surface area contributed by atoms with Crippen LogP contribution in [-0.2, 0) is 10.0 Å². The lowest BCUT2D eigenvalue weighted by Gasteiger charge is -2.06. The number of anilines is 1. The lowest BCUT2D eigenvalue weighted by molar-refractivity contribution is 0.153. The average molecular weight is 254 g/mol. The van der Waals surface area contributed by atoms with E-state index < -0.39 is 33.7 Å². The summed E-state index contributed by atoms with van der Waals surface area (Å²) in [4.78, 5) is -0.445. The van der Waals surface area contributed by atoms with Gasteiger partial charge >= 0.3 is 0 Å². The number of halogens is 3. The predicted molar refractivity (Wildman–Crippen MR) is 52.0 cm³/mol. The summed E-state index contributed by atoms with van der Waals surface area (Å²) in [6, 6.07) is 2.75. The second-order valence-corrected chi connectivity index (χ2v) is 4.69. The van der Waals surface area contributed by atoms with Gasteiger partial charge in [0.05, 0.1) is 17.1 Å². The maximum atomic E-state index is 12.9. The molecule has 90 valence electrons. The van der Waals surface area contributed by atoms with E-state index in [2.05, 4.69) is 0 Å². The molecule has 0 bridgehead atoms. The van der Waals surface area contributed by atoms with Gasteiger partial charge < -0.3 is 5.73 Å². The highest BCUT2D eigenvalue weighted by Crippen LogP contribution is 2.16. The van der Waals surface area contributed by atoms with Crippen molar-refractivity contribution in [1.82, 2.24) is 4.72 Å². The first-order chi connectivity index (χ1) is 7.33. The van der Waals surface area contributed by atoms with Crippen LogP contribution < -0.4 is 10.5 Å². The SMILES string of the molecule is Nc1ccc(S(=O)(=O)NCC(F)F)cc1F. The minimum absolute atomic E-state index is 0.215. The van der Waals surface area contributed by atoms with Crippen molar-refractivity contribution in [3.05, 3.63) is 24.0 Å². The zero-order valence-corrected chi connectivity index (χ0v) is 8.77. The molecule has 1 aromatic rings. The lowest BCUT2D eigenvalue weighted by atomic mass is 10.3. The maximum absolute atomic E-state index is 12.9. The predicted octanol–water partition coefficient (Wildman–Crippen LogP) is 0.951. The van der Waals surface area contributed by atoms with Crippen LogP contribution in [0.5, 0.6) is 0 Å². The van der Waals surface area contributed by atoms with Gasteiger partial charge in [-0.25, -0.2) is 26.3 Å². The van der Waals surface area contributed by atoms with E-state index >= 15 is 0 Å². The number of rotatable bonds is 4. The Balaban J connectivity index is 2.94. The third kappa shape index (κ3) is 3.11. The Morgan fingerprint density at radius 1 is 1.38 bits per heavy atom. The Kier molecular flexibility index (Phi) is 3.76. The van der Waals surface area contributed by atoms with Gasteiger partial charge in [-0.3, -0.25) is 0 Å². The minimum Gasteiger partial charge on any atom is -0.396 e. The average Bonchev–Trinajstić information content (AvgIpc) is 2.19. The van der Waals surface area contributed by atoms with E-state index in [1.165, 1.54) is 0 Å². The van der Waals surface area contributed by atoms with Crippen molar-refractivity contribution >= 4 is 15.7 Å². The van der Waals surface area contributed by atoms with Crippen molar-refractivity contribution in [3.8, 4) is 0 Å². The molecule has 3 N–H and O–H groups in total. The summed E-state index contributed by atoms with van der Waals surface area (Å²) in [6.07, 6.45) is -2.81. The van der Waals surface area contributed by atoms with Crippen LogP contribution in [0.15, 0.2) is 23.1 Å². The molecule has 0 fully saturated rings. The summed E-state index contributed by atoms with van der Waals surface area (Å²) in [6.45, 7) is -1.02. The van der Waals surface area contributed by atoms with Crippen molar-refractivity contribution in [1.29, 1.82) is 0 Å². The molecule has 0 amide bonds. The quantitative estimate of drug-likeness (QED) is 0.786. The van der Waals surface area contributed by atoms with Crippen LogP contribution in [-0.4, -0.2) is 21.4 Å². The molecule has 4 nitrogen and oxygen atoms in total. The number of sulfonamides is 1. The van der Waals surface area contributed by atoms with Crippen molar-refractivity contribution in [2.24, 2.45) is 0 Å². The Morgan fingerprint density at radius 3 is 2.50 bits per heavy atom. The Bertz CT molecular complexity index is 476. The number of nitrogens with one attached hydrogen (secondary N) is 1. The van der Waals surface area contributed by atoms with Gasteiger partial charge in [0.2, 0.25) is 10.0 Å². The summed E-state index contributed by atoms with van der Waals surface area (Å²) in [7, 11) is -4.12. The van der Waals surface area contributed by atoms with E-state index in [9.17, 15) is 21.6 Å². The lowest BCUT2D eigenvalue weighted by Crippen LogP contribution is -2.28. The highest BCUT2D eigenvalue weighted by Gasteiger charge is 2.17. The molecule has 0 aliphatic carbocycles. The second-order valence-electron chi connectivity index (χ2n) is 2.93. The van der Waals surface area contributed by atoms with Crippen LogP contribution >= 0.6 is 0 Å². The maximum Gasteiger partial charge on any atom is 0.251 e. The smallest absolute Gasteiger partial charge is 0.251 e. The molecular weight excluding hydrogens is 245 g/mol. The number of benzene rings is 1. The van der Waals surface area contributed by atoms with E-state index in [1.807, 2.05) is 0 Å². The standard InChI is InChI=1S/C8H9F3N2O2S/c9-6-3-5(1-2-7(6)12)16(14,15)13-4-8(10)11/h1-3,8,13H,4,12H2. The Hall–Kier alpha value is -1.28. The van der Waals surface area contributed by atoms with Crippen LogP contribution in [0.3, 0.4) is 0 Å². The van der Waals surface area contributed by atoms with E-state index in [1.54, 1.807) is 4.72 Å². The van der Waals surface area contributed by atoms with Crippen molar-refractivity contribution < 1.29 is 21.6 Å². The summed E-state index contributed by atoms with van der Waals surface area (Å²) in [5.74, 6) is -0.917. The highest BCUT2D eigenvalue weighted by molar-refractivity contribution is 7.89. The molecule has 0 atom stereocenters. The fraction of sp³-hybridized carbons (Fsp3) is 0.250. The number of alkyl halides is 2. The largest absolute Gasteiger partial charge is 0.396 e. The molecule has 8 heteroatoms. The third-order valence-corrected chi connectivity index (χ3v) is 3.13. The summed E-state index contributed by atoms with van der Waals surface area (Å²) in [5.41, 5.74) is 4.93. The summed E-state index contributed by atoms with van der Waals surface area (Å²) in [5, 5.41) is 0. The van der Waals surface area contributed by atoms with Crippen molar-refractivity contribution in [3.63, 3.8) is 0 Å². The Labute approximate surface area is 90.3 Å². The monoisotopic (exact) mass is 254 g/mol. The summed E-state index contributed by atoms with van der Waals surface area (Å²) >= 11 is 0. The van der Waals surface area contributed by atoms with Gasteiger partial charge in [-0.2, -0.15) is 0 Å². The first-order valence-electron chi connectivity index (χ1n) is 4.16. The number of hydrogen-bond acceptors (Lipinski definition) is 3. The minimum atomic E-state index is -4.12. The molecule has 0 aliphatic heterocycles. The van der Waals surface area contributed by atoms with E-state index in [0.717, 1.165) is 12.1 Å². The normalized spacial score (nSPS) is 12.0. The molecule has 0 spiro atoms. The van der Waals surface area contributed by atoms with Gasteiger partial charge in [0.1, 0.15) is 5.82 Å². The van der Waals surface area contributed by atoms with Crippen LogP contribution in [0.2, 0.25) is 0 Å². The van der Waals surface area contributed by atoms with E-state index in [-0.39, 0.29) is 5.69 Å². The second kappa shape index (κ2) is 4.71. The molecule has 0 saturated heterocycles. The number of hydrogen-bond donors (Lipinski definition) is 2. The zero-order valence-electron chi connectivity index (χ0n) is 7.95. The highest BCUT2D eigenvalue weighted by atomic mass is 32.2. The van der Waals surface area contributed by atoms with Gasteiger partial charge in [0.25, 0.3) is 6.43 Å². The number of nitrogen functional groups attached to an aromatic ring is 1. The molecule has 0 radical (unpaired) electrons. The first kappa shape index (κ1) is 12.8. The molecule has 1 aromatic carbocycles. The van der Waals surface area contributed by atoms with Gasteiger partial charge in [-0.1, -0.05) is 0 Å². The molecule has 0 unspecified atom stereocenters. The molecule has 16 heavy (non-hydrogen) atoms. The van der Waals surface area contributed by atoms with E-state index in [4.69, 9.17) is 5.73 Å². The van der Waals surface area contributed by atoms with Gasteiger partial charge in [-0.15, -0.1) is 0 Å². The van der Waals surface area contributed by atoms with Crippen LogP contribution in [0.1, 0.15) is 0 Å². The van der Waals surface area contributed by atoms with Crippen LogP contribution in [0.25, 0.3) is 0 Å². The van der Waals surface area contributed by atoms with E-state index in [0.29, 0.717) is 6.07 Å². The molecular formula is C8H9F3N2O2S. The molecule has 0 saturated carbocycles. The van der Waals surface area contributed by atoms with Gasteiger partial charge in [0, 0.05) is 0 Å².